The fraction of sp³-hybridized carbons (Fsp3) is 0.625. The lowest BCUT2D eigenvalue weighted by Gasteiger charge is -2.17. The Balaban J connectivity index is 2.65. The Morgan fingerprint density at radius 2 is 2.11 bits per heavy atom. The van der Waals surface area contributed by atoms with Crippen molar-refractivity contribution in [2.45, 2.75) is 10.5 Å². The first-order chi connectivity index (χ1) is 8.21. The van der Waals surface area contributed by atoms with Gasteiger partial charge in [0.05, 0.1) is 0 Å². The minimum Gasteiger partial charge on any atom is -0.387 e. The average molecular weight is 299 g/mol. The molecule has 18 heavy (non-hydrogen) atoms. The molecule has 1 aromatic heterocycles. The Morgan fingerprint density at radius 3 is 2.50 bits per heavy atom. The van der Waals surface area contributed by atoms with Crippen LogP contribution in [-0.4, -0.2) is 42.1 Å². The van der Waals surface area contributed by atoms with Crippen LogP contribution in [0.2, 0.25) is 0 Å². The second kappa shape index (κ2) is 5.74. The molecule has 0 aliphatic heterocycles. The van der Waals surface area contributed by atoms with Gasteiger partial charge in [-0.25, -0.2) is 0 Å². The summed E-state index contributed by atoms with van der Waals surface area (Å²) in [5, 5.41) is 15.1. The van der Waals surface area contributed by atoms with Gasteiger partial charge in [0.15, 0.2) is 4.34 Å². The summed E-state index contributed by atoms with van der Waals surface area (Å²) in [4.78, 5) is 1.72. The fourth-order valence-electron chi connectivity index (χ4n) is 0.957. The van der Waals surface area contributed by atoms with E-state index in [1.165, 1.54) is 11.3 Å². The quantitative estimate of drug-likeness (QED) is 0.492. The maximum Gasteiger partial charge on any atom is 0.399 e. The molecule has 0 fully saturated rings. The van der Waals surface area contributed by atoms with Gasteiger partial charge in [-0.3, -0.25) is 5.41 Å². The second-order valence-electron chi connectivity index (χ2n) is 3.61. The van der Waals surface area contributed by atoms with Crippen LogP contribution in [-0.2, 0) is 0 Å². The van der Waals surface area contributed by atoms with Crippen LogP contribution in [0, 0.1) is 11.3 Å². The highest BCUT2D eigenvalue weighted by molar-refractivity contribution is 8.01. The van der Waals surface area contributed by atoms with E-state index < -0.39 is 17.9 Å². The van der Waals surface area contributed by atoms with Crippen LogP contribution in [0.1, 0.15) is 0 Å². The predicted molar refractivity (Wildman–Crippen MR) is 66.4 cm³/mol. The molecule has 1 atom stereocenters. The van der Waals surface area contributed by atoms with Gasteiger partial charge in [-0.2, -0.15) is 13.2 Å². The van der Waals surface area contributed by atoms with Crippen LogP contribution in [0.25, 0.3) is 0 Å². The Morgan fingerprint density at radius 1 is 1.50 bits per heavy atom. The van der Waals surface area contributed by atoms with Gasteiger partial charge in [0.2, 0.25) is 5.13 Å². The molecule has 0 aliphatic rings. The standard InChI is InChI=1S/C8H12F3N5S2/c1-16(2)6-14-15-7(18-6)17-3-4(5(12)13)8(9,10)11/h4H,3H2,1-2H3,(H3,12,13). The molecule has 0 aliphatic carbocycles. The zero-order valence-corrected chi connectivity index (χ0v) is 11.3. The van der Waals surface area contributed by atoms with Crippen LogP contribution >= 0.6 is 23.1 Å². The largest absolute Gasteiger partial charge is 0.399 e. The van der Waals surface area contributed by atoms with Crippen LogP contribution < -0.4 is 10.6 Å². The van der Waals surface area contributed by atoms with Crippen molar-refractivity contribution >= 4 is 34.1 Å². The van der Waals surface area contributed by atoms with Crippen molar-refractivity contribution in [3.05, 3.63) is 0 Å². The molecule has 0 amide bonds. The maximum absolute atomic E-state index is 12.5. The SMILES string of the molecule is CN(C)c1nnc(SCC(C(=N)N)C(F)(F)F)s1. The van der Waals surface area contributed by atoms with Crippen molar-refractivity contribution in [1.29, 1.82) is 5.41 Å². The number of halogens is 3. The van der Waals surface area contributed by atoms with Crippen molar-refractivity contribution < 1.29 is 13.2 Å². The normalized spacial score (nSPS) is 13.4. The molecule has 0 radical (unpaired) electrons. The zero-order valence-electron chi connectivity index (χ0n) is 9.65. The van der Waals surface area contributed by atoms with Crippen molar-refractivity contribution in [1.82, 2.24) is 10.2 Å². The van der Waals surface area contributed by atoms with Gasteiger partial charge in [-0.15, -0.1) is 10.2 Å². The molecule has 0 spiro atoms. The van der Waals surface area contributed by atoms with Gasteiger partial charge in [0.25, 0.3) is 0 Å². The van der Waals surface area contributed by atoms with E-state index in [0.717, 1.165) is 11.8 Å². The molecular weight excluding hydrogens is 287 g/mol. The lowest BCUT2D eigenvalue weighted by molar-refractivity contribution is -0.149. The van der Waals surface area contributed by atoms with Crippen molar-refractivity contribution in [2.75, 3.05) is 24.7 Å². The highest BCUT2D eigenvalue weighted by Crippen LogP contribution is 2.33. The van der Waals surface area contributed by atoms with Gasteiger partial charge in [0, 0.05) is 19.8 Å². The zero-order chi connectivity index (χ0) is 13.9. The van der Waals surface area contributed by atoms with Gasteiger partial charge in [-0.1, -0.05) is 23.1 Å². The Hall–Kier alpha value is -1.03. The second-order valence-corrected chi connectivity index (χ2v) is 5.83. The summed E-state index contributed by atoms with van der Waals surface area (Å²) in [5.41, 5.74) is 4.95. The topological polar surface area (TPSA) is 78.9 Å². The molecule has 0 saturated heterocycles. The minimum atomic E-state index is -4.51. The summed E-state index contributed by atoms with van der Waals surface area (Å²) in [7, 11) is 3.53. The van der Waals surface area contributed by atoms with E-state index in [2.05, 4.69) is 10.2 Å². The smallest absolute Gasteiger partial charge is 0.387 e. The third-order valence-electron chi connectivity index (χ3n) is 1.92. The van der Waals surface area contributed by atoms with Gasteiger partial charge in [-0.05, 0) is 0 Å². The Bertz CT molecular complexity index is 417. The molecule has 5 nitrogen and oxygen atoms in total. The average Bonchev–Trinajstić information content (AvgIpc) is 2.63. The number of nitrogens with two attached hydrogens (primary N) is 1. The number of nitrogens with zero attached hydrogens (tertiary/aromatic N) is 3. The molecule has 102 valence electrons. The number of nitrogens with one attached hydrogen (secondary N) is 1. The van der Waals surface area contributed by atoms with E-state index in [4.69, 9.17) is 11.1 Å². The molecule has 1 rings (SSSR count). The summed E-state index contributed by atoms with van der Waals surface area (Å²) in [5.74, 6) is -3.19. The first-order valence-corrected chi connectivity index (χ1v) is 6.56. The van der Waals surface area contributed by atoms with E-state index in [1.807, 2.05) is 0 Å². The van der Waals surface area contributed by atoms with Crippen molar-refractivity contribution in [3.8, 4) is 0 Å². The number of aromatic nitrogens is 2. The predicted octanol–water partition coefficient (Wildman–Crippen LogP) is 1.81. The Labute approximate surface area is 110 Å². The monoisotopic (exact) mass is 299 g/mol. The van der Waals surface area contributed by atoms with E-state index in [-0.39, 0.29) is 5.75 Å². The highest BCUT2D eigenvalue weighted by Gasteiger charge is 2.41. The summed E-state index contributed by atoms with van der Waals surface area (Å²) < 4.78 is 38.0. The van der Waals surface area contributed by atoms with Crippen molar-refractivity contribution in [2.24, 2.45) is 11.7 Å². The highest BCUT2D eigenvalue weighted by atomic mass is 32.2. The number of rotatable bonds is 5. The lowest BCUT2D eigenvalue weighted by Crippen LogP contribution is -2.36. The molecule has 1 aromatic rings. The molecule has 10 heteroatoms. The summed E-state index contributed by atoms with van der Waals surface area (Å²) in [6, 6.07) is 0. The van der Waals surface area contributed by atoms with Gasteiger partial charge >= 0.3 is 6.18 Å². The van der Waals surface area contributed by atoms with Crippen LogP contribution in [0.4, 0.5) is 18.3 Å². The summed E-state index contributed by atoms with van der Waals surface area (Å²) in [6.45, 7) is 0. The molecular formula is C8H12F3N5S2. The maximum atomic E-state index is 12.5. The number of hydrogen-bond acceptors (Lipinski definition) is 6. The number of amidine groups is 1. The third kappa shape index (κ3) is 4.02. The summed E-state index contributed by atoms with van der Waals surface area (Å²) >= 11 is 2.09. The lowest BCUT2D eigenvalue weighted by atomic mass is 10.1. The molecule has 3 N–H and O–H groups in total. The van der Waals surface area contributed by atoms with Crippen LogP contribution in [0.5, 0.6) is 0 Å². The van der Waals surface area contributed by atoms with Gasteiger partial charge < -0.3 is 10.6 Å². The number of hydrogen-bond donors (Lipinski definition) is 2. The van der Waals surface area contributed by atoms with E-state index >= 15 is 0 Å². The first kappa shape index (κ1) is 15.0. The molecule has 0 saturated carbocycles. The summed E-state index contributed by atoms with van der Waals surface area (Å²) in [6.07, 6.45) is -4.51. The van der Waals surface area contributed by atoms with E-state index in [9.17, 15) is 13.2 Å². The molecule has 0 bridgehead atoms. The van der Waals surface area contributed by atoms with E-state index in [0.29, 0.717) is 9.47 Å². The molecule has 1 unspecified atom stereocenters. The minimum absolute atomic E-state index is 0.360. The molecule has 0 aromatic carbocycles. The number of thioether (sulfide) groups is 1. The van der Waals surface area contributed by atoms with Gasteiger partial charge in [0.1, 0.15) is 11.8 Å². The number of alkyl halides is 3. The fourth-order valence-corrected chi connectivity index (χ4v) is 2.90. The van der Waals surface area contributed by atoms with Crippen molar-refractivity contribution in [3.63, 3.8) is 0 Å². The van der Waals surface area contributed by atoms with Crippen LogP contribution in [0.3, 0.4) is 0 Å². The third-order valence-corrected chi connectivity index (χ3v) is 4.24. The number of anilines is 1. The Kier molecular flexibility index (Phi) is 4.79. The van der Waals surface area contributed by atoms with Crippen LogP contribution in [0.15, 0.2) is 4.34 Å². The first-order valence-electron chi connectivity index (χ1n) is 4.76. The molecule has 1 heterocycles. The van der Waals surface area contributed by atoms with E-state index in [1.54, 1.807) is 19.0 Å².